The smallest absolute Gasteiger partial charge is 0.302 e. The van der Waals surface area contributed by atoms with E-state index in [1.807, 2.05) is 26.8 Å². The first-order chi connectivity index (χ1) is 6.85. The van der Waals surface area contributed by atoms with Gasteiger partial charge in [-0.1, -0.05) is 25.5 Å². The van der Waals surface area contributed by atoms with Crippen LogP contribution in [0.15, 0.2) is 11.6 Å². The Kier molecular flexibility index (Phi) is 3.55. The molecule has 3 heteroatoms. The SMILES string of the molecule is CC(=O)OC[C@H]1C(C)=CC[C@@H](O)C1(C)C. The van der Waals surface area contributed by atoms with Crippen LogP contribution in [0.5, 0.6) is 0 Å². The standard InChI is InChI=1S/C12H20O3/c1-8-5-6-11(14)12(3,4)10(8)7-15-9(2)13/h5,10-11,14H,6-7H2,1-4H3/t10-,11+/m0/s1. The number of carbonyl (C=O) groups is 1. The second-order valence-electron chi connectivity index (χ2n) is 4.88. The van der Waals surface area contributed by atoms with Gasteiger partial charge in [-0.2, -0.15) is 0 Å². The van der Waals surface area contributed by atoms with Gasteiger partial charge in [0.2, 0.25) is 0 Å². The average molecular weight is 212 g/mol. The summed E-state index contributed by atoms with van der Waals surface area (Å²) in [5.41, 5.74) is 0.973. The number of hydrogen-bond donors (Lipinski definition) is 1. The maximum absolute atomic E-state index is 10.8. The molecule has 0 heterocycles. The number of ether oxygens (including phenoxy) is 1. The minimum absolute atomic E-state index is 0.116. The topological polar surface area (TPSA) is 46.5 Å². The average Bonchev–Trinajstić information content (AvgIpc) is 2.11. The molecule has 2 atom stereocenters. The fourth-order valence-electron chi connectivity index (χ4n) is 2.11. The summed E-state index contributed by atoms with van der Waals surface area (Å²) in [4.78, 5) is 10.8. The molecule has 1 N–H and O–H groups in total. The predicted octanol–water partition coefficient (Wildman–Crippen LogP) is 1.90. The fraction of sp³-hybridized carbons (Fsp3) is 0.750. The minimum atomic E-state index is -0.359. The summed E-state index contributed by atoms with van der Waals surface area (Å²) in [6.07, 6.45) is 2.36. The molecule has 0 aliphatic heterocycles. The number of esters is 1. The lowest BCUT2D eigenvalue weighted by Crippen LogP contribution is -2.42. The largest absolute Gasteiger partial charge is 0.465 e. The molecule has 86 valence electrons. The van der Waals surface area contributed by atoms with Crippen molar-refractivity contribution in [1.29, 1.82) is 0 Å². The predicted molar refractivity (Wildman–Crippen MR) is 58.3 cm³/mol. The molecule has 0 spiro atoms. The van der Waals surface area contributed by atoms with E-state index >= 15 is 0 Å². The highest BCUT2D eigenvalue weighted by Crippen LogP contribution is 2.41. The third kappa shape index (κ3) is 2.59. The Labute approximate surface area is 91.1 Å². The number of aliphatic hydroxyl groups is 1. The van der Waals surface area contributed by atoms with Gasteiger partial charge >= 0.3 is 5.97 Å². The molecule has 0 amide bonds. The summed E-state index contributed by atoms with van der Waals surface area (Å²) in [6, 6.07) is 0. The molecule has 0 unspecified atom stereocenters. The Morgan fingerprint density at radius 2 is 2.27 bits per heavy atom. The summed E-state index contributed by atoms with van der Waals surface area (Å²) < 4.78 is 5.04. The zero-order chi connectivity index (χ0) is 11.6. The zero-order valence-corrected chi connectivity index (χ0v) is 9.91. The first-order valence-electron chi connectivity index (χ1n) is 5.33. The summed E-state index contributed by atoms with van der Waals surface area (Å²) >= 11 is 0. The Bertz CT molecular complexity index is 279. The number of carbonyl (C=O) groups excluding carboxylic acids is 1. The summed E-state index contributed by atoms with van der Waals surface area (Å²) in [7, 11) is 0. The lowest BCUT2D eigenvalue weighted by atomic mass is 9.67. The molecule has 0 aromatic carbocycles. The van der Waals surface area contributed by atoms with Crippen molar-refractivity contribution < 1.29 is 14.6 Å². The van der Waals surface area contributed by atoms with Crippen molar-refractivity contribution in [3.05, 3.63) is 11.6 Å². The van der Waals surface area contributed by atoms with Gasteiger partial charge in [-0.25, -0.2) is 0 Å². The van der Waals surface area contributed by atoms with Gasteiger partial charge in [0.15, 0.2) is 0 Å². The molecule has 0 saturated heterocycles. The van der Waals surface area contributed by atoms with E-state index in [2.05, 4.69) is 0 Å². The maximum atomic E-state index is 10.8. The van der Waals surface area contributed by atoms with Gasteiger partial charge < -0.3 is 9.84 Å². The zero-order valence-electron chi connectivity index (χ0n) is 9.91. The molecule has 0 radical (unpaired) electrons. The van der Waals surface area contributed by atoms with Gasteiger partial charge in [-0.3, -0.25) is 4.79 Å². The number of hydrogen-bond acceptors (Lipinski definition) is 3. The molecule has 0 fully saturated rings. The van der Waals surface area contributed by atoms with Crippen LogP contribution in [0.25, 0.3) is 0 Å². The first kappa shape index (κ1) is 12.2. The number of rotatable bonds is 2. The number of aliphatic hydroxyl groups excluding tert-OH is 1. The molecule has 1 aliphatic carbocycles. The molecule has 1 rings (SSSR count). The van der Waals surface area contributed by atoms with Crippen LogP contribution in [0.1, 0.15) is 34.1 Å². The highest BCUT2D eigenvalue weighted by Gasteiger charge is 2.40. The lowest BCUT2D eigenvalue weighted by molar-refractivity contribution is -0.144. The molecule has 0 bridgehead atoms. The van der Waals surface area contributed by atoms with Crippen LogP contribution in [-0.4, -0.2) is 23.8 Å². The van der Waals surface area contributed by atoms with E-state index in [1.165, 1.54) is 12.5 Å². The van der Waals surface area contributed by atoms with Gasteiger partial charge in [-0.05, 0) is 13.3 Å². The van der Waals surface area contributed by atoms with Crippen molar-refractivity contribution in [2.24, 2.45) is 11.3 Å². The molecule has 0 saturated carbocycles. The molecular formula is C12H20O3. The van der Waals surface area contributed by atoms with E-state index in [0.29, 0.717) is 13.0 Å². The molecule has 15 heavy (non-hydrogen) atoms. The van der Waals surface area contributed by atoms with Crippen molar-refractivity contribution in [2.75, 3.05) is 6.61 Å². The highest BCUT2D eigenvalue weighted by molar-refractivity contribution is 5.65. The molecule has 0 aromatic heterocycles. The molecule has 1 aliphatic rings. The molecule has 0 aromatic rings. The fourth-order valence-corrected chi connectivity index (χ4v) is 2.11. The van der Waals surface area contributed by atoms with Gasteiger partial charge in [0, 0.05) is 18.3 Å². The monoisotopic (exact) mass is 212 g/mol. The third-order valence-corrected chi connectivity index (χ3v) is 3.42. The van der Waals surface area contributed by atoms with Crippen molar-refractivity contribution in [3.63, 3.8) is 0 Å². The van der Waals surface area contributed by atoms with Crippen LogP contribution in [0.4, 0.5) is 0 Å². The van der Waals surface area contributed by atoms with E-state index in [-0.39, 0.29) is 23.4 Å². The van der Waals surface area contributed by atoms with Crippen molar-refractivity contribution in [2.45, 2.75) is 40.2 Å². The van der Waals surface area contributed by atoms with Crippen LogP contribution in [0.3, 0.4) is 0 Å². The first-order valence-corrected chi connectivity index (χ1v) is 5.33. The van der Waals surface area contributed by atoms with Crippen LogP contribution in [0, 0.1) is 11.3 Å². The summed E-state index contributed by atoms with van der Waals surface area (Å²) in [5.74, 6) is -0.149. The van der Waals surface area contributed by atoms with Gasteiger partial charge in [0.1, 0.15) is 0 Å². The third-order valence-electron chi connectivity index (χ3n) is 3.42. The van der Waals surface area contributed by atoms with Crippen LogP contribution in [-0.2, 0) is 9.53 Å². The normalized spacial score (nSPS) is 29.5. The molecular weight excluding hydrogens is 192 g/mol. The van der Waals surface area contributed by atoms with Gasteiger partial charge in [0.05, 0.1) is 12.7 Å². The Morgan fingerprint density at radius 1 is 1.67 bits per heavy atom. The molecule has 3 nitrogen and oxygen atoms in total. The second-order valence-corrected chi connectivity index (χ2v) is 4.88. The van der Waals surface area contributed by atoms with Crippen LogP contribution in [0.2, 0.25) is 0 Å². The van der Waals surface area contributed by atoms with Gasteiger partial charge in [0.25, 0.3) is 0 Å². The highest BCUT2D eigenvalue weighted by atomic mass is 16.5. The van der Waals surface area contributed by atoms with E-state index in [9.17, 15) is 9.90 Å². The Hall–Kier alpha value is -0.830. The quantitative estimate of drug-likeness (QED) is 0.561. The Balaban J connectivity index is 2.77. The van der Waals surface area contributed by atoms with Gasteiger partial charge in [-0.15, -0.1) is 0 Å². The van der Waals surface area contributed by atoms with Crippen LogP contribution < -0.4 is 0 Å². The van der Waals surface area contributed by atoms with Crippen molar-refractivity contribution in [3.8, 4) is 0 Å². The maximum Gasteiger partial charge on any atom is 0.302 e. The van der Waals surface area contributed by atoms with E-state index in [0.717, 1.165) is 0 Å². The van der Waals surface area contributed by atoms with Crippen LogP contribution >= 0.6 is 0 Å². The summed E-state index contributed by atoms with van der Waals surface area (Å²) in [6.45, 7) is 7.83. The minimum Gasteiger partial charge on any atom is -0.465 e. The van der Waals surface area contributed by atoms with E-state index < -0.39 is 0 Å². The van der Waals surface area contributed by atoms with E-state index in [1.54, 1.807) is 0 Å². The summed E-state index contributed by atoms with van der Waals surface area (Å²) in [5, 5.41) is 9.91. The van der Waals surface area contributed by atoms with E-state index in [4.69, 9.17) is 4.74 Å². The lowest BCUT2D eigenvalue weighted by Gasteiger charge is -2.41. The van der Waals surface area contributed by atoms with Crippen molar-refractivity contribution >= 4 is 5.97 Å². The second kappa shape index (κ2) is 4.35. The Morgan fingerprint density at radius 3 is 2.80 bits per heavy atom. The van der Waals surface area contributed by atoms with Crippen molar-refractivity contribution in [1.82, 2.24) is 0 Å².